The molecule has 0 saturated heterocycles. The van der Waals surface area contributed by atoms with Crippen LogP contribution in [0.3, 0.4) is 0 Å². The molecule has 0 radical (unpaired) electrons. The van der Waals surface area contributed by atoms with Crippen molar-refractivity contribution in [2.75, 3.05) is 11.9 Å². The van der Waals surface area contributed by atoms with Crippen molar-refractivity contribution in [3.05, 3.63) is 65.4 Å². The van der Waals surface area contributed by atoms with E-state index in [9.17, 15) is 14.4 Å². The Balaban J connectivity index is 1.52. The first-order chi connectivity index (χ1) is 12.9. The molecule has 2 aromatic carbocycles. The number of carbonyl (C=O) groups is 3. The van der Waals surface area contributed by atoms with E-state index in [0.29, 0.717) is 16.8 Å². The van der Waals surface area contributed by atoms with E-state index >= 15 is 0 Å². The van der Waals surface area contributed by atoms with Gasteiger partial charge in [-0.15, -0.1) is 0 Å². The van der Waals surface area contributed by atoms with Gasteiger partial charge in [-0.05, 0) is 49.7 Å². The van der Waals surface area contributed by atoms with Crippen LogP contribution in [0.2, 0.25) is 0 Å². The Morgan fingerprint density at radius 2 is 1.81 bits per heavy atom. The highest BCUT2D eigenvalue weighted by molar-refractivity contribution is 5.96. The van der Waals surface area contributed by atoms with Crippen molar-refractivity contribution >= 4 is 34.3 Å². The number of hydrogen-bond donors (Lipinski definition) is 1. The topological polar surface area (TPSA) is 85.6 Å². The third-order valence-corrected chi connectivity index (χ3v) is 4.09. The van der Waals surface area contributed by atoms with Crippen molar-refractivity contribution in [3.8, 4) is 0 Å². The fourth-order valence-electron chi connectivity index (χ4n) is 2.67. The predicted molar refractivity (Wildman–Crippen MR) is 101 cm³/mol. The Morgan fingerprint density at radius 3 is 2.52 bits per heavy atom. The molecule has 3 aromatic rings. The monoisotopic (exact) mass is 365 g/mol. The van der Waals surface area contributed by atoms with Gasteiger partial charge in [0.15, 0.2) is 12.4 Å². The molecule has 1 amide bonds. The highest BCUT2D eigenvalue weighted by Crippen LogP contribution is 2.23. The number of anilines is 1. The largest absolute Gasteiger partial charge is 0.464 e. The summed E-state index contributed by atoms with van der Waals surface area (Å²) in [5, 5.41) is 3.47. The zero-order chi connectivity index (χ0) is 19.4. The molecule has 1 heterocycles. The quantitative estimate of drug-likeness (QED) is 0.532. The molecule has 27 heavy (non-hydrogen) atoms. The summed E-state index contributed by atoms with van der Waals surface area (Å²) in [5.41, 5.74) is 3.58. The second-order valence-corrected chi connectivity index (χ2v) is 6.28. The van der Waals surface area contributed by atoms with E-state index in [1.807, 2.05) is 25.1 Å². The summed E-state index contributed by atoms with van der Waals surface area (Å²) in [6.07, 6.45) is 1.55. The second-order valence-electron chi connectivity index (χ2n) is 6.28. The number of aryl methyl sites for hydroxylation is 1. The Morgan fingerprint density at radius 1 is 1.07 bits per heavy atom. The molecule has 6 heteroatoms. The van der Waals surface area contributed by atoms with Crippen LogP contribution in [0.15, 0.2) is 53.1 Å². The number of hydrogen-bond acceptors (Lipinski definition) is 5. The Labute approximate surface area is 156 Å². The van der Waals surface area contributed by atoms with Gasteiger partial charge in [0.05, 0.1) is 12.7 Å². The van der Waals surface area contributed by atoms with Crippen LogP contribution in [-0.4, -0.2) is 24.3 Å². The molecule has 0 unspecified atom stereocenters. The van der Waals surface area contributed by atoms with Crippen LogP contribution in [-0.2, 0) is 20.7 Å². The summed E-state index contributed by atoms with van der Waals surface area (Å²) in [4.78, 5) is 35.2. The number of fused-ring (bicyclic) bond motifs is 1. The summed E-state index contributed by atoms with van der Waals surface area (Å²) < 4.78 is 10.5. The summed E-state index contributed by atoms with van der Waals surface area (Å²) in [6, 6.07) is 12.2. The molecule has 1 aromatic heterocycles. The minimum absolute atomic E-state index is 0.0245. The molecule has 0 bridgehead atoms. The Kier molecular flexibility index (Phi) is 5.35. The van der Waals surface area contributed by atoms with E-state index in [2.05, 4.69) is 5.32 Å². The lowest BCUT2D eigenvalue weighted by Gasteiger charge is -2.07. The summed E-state index contributed by atoms with van der Waals surface area (Å²) in [6.45, 7) is 3.04. The first kappa shape index (κ1) is 18.4. The van der Waals surface area contributed by atoms with Gasteiger partial charge in [-0.2, -0.15) is 0 Å². The van der Waals surface area contributed by atoms with E-state index in [1.165, 1.54) is 13.2 Å². The minimum Gasteiger partial charge on any atom is -0.464 e. The third kappa shape index (κ3) is 4.61. The van der Waals surface area contributed by atoms with Crippen molar-refractivity contribution in [3.63, 3.8) is 0 Å². The number of ether oxygens (including phenoxy) is 1. The molecule has 0 aliphatic heterocycles. The van der Waals surface area contributed by atoms with E-state index in [-0.39, 0.29) is 18.8 Å². The Hall–Kier alpha value is -3.41. The standard InChI is InChI=1S/C21H19NO5/c1-13-3-8-18-16(11-26-19(18)9-13)10-21(25)27-12-20(24)22-17-6-4-15(5-7-17)14(2)23/h3-9,11H,10,12H2,1-2H3,(H,22,24). The number of carbonyl (C=O) groups excluding carboxylic acids is 3. The van der Waals surface area contributed by atoms with Gasteiger partial charge in [-0.1, -0.05) is 12.1 Å². The molecule has 1 N–H and O–H groups in total. The normalized spacial score (nSPS) is 10.6. The molecule has 0 spiro atoms. The molecule has 3 rings (SSSR count). The van der Waals surface area contributed by atoms with Crippen LogP contribution in [0.25, 0.3) is 11.0 Å². The van der Waals surface area contributed by atoms with Crippen LogP contribution in [0.4, 0.5) is 5.69 Å². The lowest BCUT2D eigenvalue weighted by atomic mass is 10.1. The van der Waals surface area contributed by atoms with Crippen molar-refractivity contribution in [2.24, 2.45) is 0 Å². The smallest absolute Gasteiger partial charge is 0.310 e. The van der Waals surface area contributed by atoms with Crippen molar-refractivity contribution in [2.45, 2.75) is 20.3 Å². The van der Waals surface area contributed by atoms with Crippen molar-refractivity contribution < 1.29 is 23.5 Å². The van der Waals surface area contributed by atoms with E-state index < -0.39 is 11.9 Å². The predicted octanol–water partition coefficient (Wildman–Crippen LogP) is 3.67. The lowest BCUT2D eigenvalue weighted by Crippen LogP contribution is -2.21. The van der Waals surface area contributed by atoms with Crippen LogP contribution in [0.5, 0.6) is 0 Å². The summed E-state index contributed by atoms with van der Waals surface area (Å²) in [5.74, 6) is -1.02. The molecular weight excluding hydrogens is 346 g/mol. The maximum absolute atomic E-state index is 12.0. The summed E-state index contributed by atoms with van der Waals surface area (Å²) >= 11 is 0. The van der Waals surface area contributed by atoms with E-state index in [1.54, 1.807) is 24.3 Å². The molecule has 138 valence electrons. The molecule has 6 nitrogen and oxygen atoms in total. The number of furan rings is 1. The van der Waals surface area contributed by atoms with Gasteiger partial charge in [-0.25, -0.2) is 0 Å². The average molecular weight is 365 g/mol. The van der Waals surface area contributed by atoms with Crippen molar-refractivity contribution in [1.82, 2.24) is 0 Å². The fourth-order valence-corrected chi connectivity index (χ4v) is 2.67. The zero-order valence-electron chi connectivity index (χ0n) is 15.1. The van der Waals surface area contributed by atoms with Crippen molar-refractivity contribution in [1.29, 1.82) is 0 Å². The van der Waals surface area contributed by atoms with Gasteiger partial charge >= 0.3 is 5.97 Å². The third-order valence-electron chi connectivity index (χ3n) is 4.09. The van der Waals surface area contributed by atoms with Crippen LogP contribution < -0.4 is 5.32 Å². The molecule has 0 aliphatic carbocycles. The van der Waals surface area contributed by atoms with Crippen LogP contribution in [0, 0.1) is 6.92 Å². The van der Waals surface area contributed by atoms with Gasteiger partial charge in [0, 0.05) is 22.2 Å². The second kappa shape index (κ2) is 7.86. The maximum Gasteiger partial charge on any atom is 0.310 e. The van der Waals surface area contributed by atoms with Gasteiger partial charge in [-0.3, -0.25) is 14.4 Å². The number of benzene rings is 2. The molecule has 0 aliphatic rings. The zero-order valence-corrected chi connectivity index (χ0v) is 15.1. The molecule has 0 atom stereocenters. The van der Waals surface area contributed by atoms with Gasteiger partial charge in [0.2, 0.25) is 0 Å². The van der Waals surface area contributed by atoms with E-state index in [4.69, 9.17) is 9.15 Å². The molecule has 0 saturated carbocycles. The van der Waals surface area contributed by atoms with Crippen LogP contribution in [0.1, 0.15) is 28.4 Å². The summed E-state index contributed by atoms with van der Waals surface area (Å²) in [7, 11) is 0. The van der Waals surface area contributed by atoms with Gasteiger partial charge in [0.1, 0.15) is 5.58 Å². The number of esters is 1. The first-order valence-electron chi connectivity index (χ1n) is 8.45. The number of nitrogens with one attached hydrogen (secondary N) is 1. The number of amides is 1. The highest BCUT2D eigenvalue weighted by atomic mass is 16.5. The fraction of sp³-hybridized carbons (Fsp3) is 0.190. The number of rotatable bonds is 6. The molecular formula is C21H19NO5. The lowest BCUT2D eigenvalue weighted by molar-refractivity contribution is -0.146. The highest BCUT2D eigenvalue weighted by Gasteiger charge is 2.13. The number of ketones is 1. The van der Waals surface area contributed by atoms with Gasteiger partial charge < -0.3 is 14.5 Å². The maximum atomic E-state index is 12.0. The first-order valence-corrected chi connectivity index (χ1v) is 8.45. The van der Waals surface area contributed by atoms with Crippen LogP contribution >= 0.6 is 0 Å². The Bertz CT molecular complexity index is 1000. The average Bonchev–Trinajstić information content (AvgIpc) is 3.02. The number of Topliss-reactive ketones (excluding diaryl/α,β-unsaturated/α-hetero) is 1. The minimum atomic E-state index is -0.514. The van der Waals surface area contributed by atoms with E-state index in [0.717, 1.165) is 16.5 Å². The SMILES string of the molecule is CC(=O)c1ccc(NC(=O)COC(=O)Cc2coc3cc(C)ccc23)cc1. The van der Waals surface area contributed by atoms with Gasteiger partial charge in [0.25, 0.3) is 5.91 Å². The molecule has 0 fully saturated rings.